The molecule has 0 bridgehead atoms. The van der Waals surface area contributed by atoms with Crippen molar-refractivity contribution in [1.82, 2.24) is 14.5 Å². The SMILES string of the molecule is O=C1C(=O)N(CCCn2ccnc2)C(c2cccc(Br)c2)/C1=C(\O)c1ccccc1. The van der Waals surface area contributed by atoms with Crippen LogP contribution in [0, 0.1) is 0 Å². The van der Waals surface area contributed by atoms with Crippen molar-refractivity contribution in [1.29, 1.82) is 0 Å². The molecule has 1 aliphatic heterocycles. The highest BCUT2D eigenvalue weighted by Gasteiger charge is 2.45. The summed E-state index contributed by atoms with van der Waals surface area (Å²) in [4.78, 5) is 31.4. The lowest BCUT2D eigenvalue weighted by Crippen LogP contribution is -2.31. The van der Waals surface area contributed by atoms with E-state index >= 15 is 0 Å². The van der Waals surface area contributed by atoms with Gasteiger partial charge in [0.05, 0.1) is 17.9 Å². The maximum absolute atomic E-state index is 13.0. The maximum atomic E-state index is 13.0. The molecule has 30 heavy (non-hydrogen) atoms. The summed E-state index contributed by atoms with van der Waals surface area (Å²) in [5.41, 5.74) is 1.39. The number of ketones is 1. The molecule has 1 amide bonds. The van der Waals surface area contributed by atoms with Crippen molar-refractivity contribution in [2.24, 2.45) is 0 Å². The average molecular weight is 466 g/mol. The van der Waals surface area contributed by atoms with Crippen molar-refractivity contribution in [3.05, 3.63) is 94.5 Å². The second kappa shape index (κ2) is 8.67. The van der Waals surface area contributed by atoms with E-state index in [0.29, 0.717) is 25.1 Å². The maximum Gasteiger partial charge on any atom is 0.295 e. The lowest BCUT2D eigenvalue weighted by Gasteiger charge is -2.25. The molecule has 6 nitrogen and oxygen atoms in total. The Labute approximate surface area is 182 Å². The Morgan fingerprint density at radius 3 is 2.57 bits per heavy atom. The van der Waals surface area contributed by atoms with Crippen molar-refractivity contribution in [3.63, 3.8) is 0 Å². The summed E-state index contributed by atoms with van der Waals surface area (Å²) in [6.07, 6.45) is 5.93. The number of nitrogens with zero attached hydrogens (tertiary/aromatic N) is 3. The summed E-state index contributed by atoms with van der Waals surface area (Å²) in [6, 6.07) is 15.7. The van der Waals surface area contributed by atoms with Crippen molar-refractivity contribution in [2.75, 3.05) is 6.54 Å². The summed E-state index contributed by atoms with van der Waals surface area (Å²) in [5.74, 6) is -1.41. The van der Waals surface area contributed by atoms with Crippen LogP contribution < -0.4 is 0 Å². The van der Waals surface area contributed by atoms with E-state index in [-0.39, 0.29) is 11.3 Å². The van der Waals surface area contributed by atoms with Crippen LogP contribution in [0.3, 0.4) is 0 Å². The zero-order valence-corrected chi connectivity index (χ0v) is 17.7. The molecule has 1 atom stereocenters. The zero-order valence-electron chi connectivity index (χ0n) is 16.1. The number of hydrogen-bond acceptors (Lipinski definition) is 4. The first-order valence-electron chi connectivity index (χ1n) is 9.61. The van der Waals surface area contributed by atoms with Crippen LogP contribution in [0.4, 0.5) is 0 Å². The van der Waals surface area contributed by atoms with E-state index in [1.165, 1.54) is 0 Å². The van der Waals surface area contributed by atoms with Crippen LogP contribution in [0.2, 0.25) is 0 Å². The Morgan fingerprint density at radius 1 is 1.07 bits per heavy atom. The number of hydrogen-bond donors (Lipinski definition) is 1. The third-order valence-electron chi connectivity index (χ3n) is 5.13. The van der Waals surface area contributed by atoms with Crippen molar-refractivity contribution >= 4 is 33.4 Å². The molecule has 3 aromatic rings. The van der Waals surface area contributed by atoms with Gasteiger partial charge in [0.15, 0.2) is 0 Å². The number of halogens is 1. The summed E-state index contributed by atoms with van der Waals surface area (Å²) in [5, 5.41) is 11.0. The Hall–Kier alpha value is -3.19. The molecular formula is C23H20BrN3O3. The van der Waals surface area contributed by atoms with Gasteiger partial charge in [0.1, 0.15) is 5.76 Å². The first-order chi connectivity index (χ1) is 14.6. The minimum absolute atomic E-state index is 0.118. The Balaban J connectivity index is 1.73. The van der Waals surface area contributed by atoms with Crippen LogP contribution in [-0.4, -0.2) is 37.8 Å². The molecule has 0 aliphatic carbocycles. The Bertz CT molecular complexity index is 1090. The predicted octanol–water partition coefficient (Wildman–Crippen LogP) is 4.16. The molecule has 1 fully saturated rings. The number of benzene rings is 2. The highest BCUT2D eigenvalue weighted by Crippen LogP contribution is 2.40. The number of aliphatic hydroxyl groups is 1. The van der Waals surface area contributed by atoms with E-state index in [4.69, 9.17) is 0 Å². The zero-order chi connectivity index (χ0) is 21.1. The largest absolute Gasteiger partial charge is 0.507 e. The molecule has 0 radical (unpaired) electrons. The molecule has 1 unspecified atom stereocenters. The van der Waals surface area contributed by atoms with Crippen molar-refractivity contribution < 1.29 is 14.7 Å². The number of aryl methyl sites for hydroxylation is 1. The number of rotatable bonds is 6. The fraction of sp³-hybridized carbons (Fsp3) is 0.174. The lowest BCUT2D eigenvalue weighted by atomic mass is 9.95. The molecule has 7 heteroatoms. The highest BCUT2D eigenvalue weighted by molar-refractivity contribution is 9.10. The van der Waals surface area contributed by atoms with Crippen LogP contribution in [-0.2, 0) is 16.1 Å². The molecule has 0 spiro atoms. The Kier molecular flexibility index (Phi) is 5.81. The van der Waals surface area contributed by atoms with Gasteiger partial charge < -0.3 is 14.6 Å². The number of carbonyl (C=O) groups is 2. The Morgan fingerprint density at radius 2 is 1.87 bits per heavy atom. The minimum atomic E-state index is -0.663. The molecule has 1 aromatic heterocycles. The van der Waals surface area contributed by atoms with Crippen LogP contribution in [0.1, 0.15) is 23.6 Å². The third-order valence-corrected chi connectivity index (χ3v) is 5.62. The summed E-state index contributed by atoms with van der Waals surface area (Å²) in [6.45, 7) is 1.05. The van der Waals surface area contributed by atoms with Crippen LogP contribution in [0.15, 0.2) is 83.4 Å². The van der Waals surface area contributed by atoms with Gasteiger partial charge in [0.25, 0.3) is 11.7 Å². The van der Waals surface area contributed by atoms with Crippen LogP contribution >= 0.6 is 15.9 Å². The number of amides is 1. The fourth-order valence-electron chi connectivity index (χ4n) is 3.73. The number of likely N-dealkylation sites (tertiary alicyclic amines) is 1. The molecule has 0 saturated carbocycles. The molecule has 1 aliphatic rings. The summed E-state index contributed by atoms with van der Waals surface area (Å²) < 4.78 is 2.76. The number of aromatic nitrogens is 2. The topological polar surface area (TPSA) is 75.4 Å². The smallest absolute Gasteiger partial charge is 0.295 e. The van der Waals surface area contributed by atoms with Gasteiger partial charge in [-0.05, 0) is 24.1 Å². The third kappa shape index (κ3) is 3.93. The standard InChI is InChI=1S/C23H20BrN3O3/c24-18-9-4-8-17(14-18)20-19(21(28)16-6-2-1-3-7-16)22(29)23(30)27(20)12-5-11-26-13-10-25-15-26/h1-4,6-10,13-15,20,28H,5,11-12H2/b21-19+. The van der Waals surface area contributed by atoms with E-state index in [1.807, 2.05) is 41.1 Å². The van der Waals surface area contributed by atoms with Gasteiger partial charge in [-0.25, -0.2) is 4.98 Å². The number of aliphatic hydroxyl groups excluding tert-OH is 1. The second-order valence-electron chi connectivity index (χ2n) is 7.07. The van der Waals surface area contributed by atoms with Gasteiger partial charge in [-0.3, -0.25) is 9.59 Å². The normalized spacial score (nSPS) is 18.2. The minimum Gasteiger partial charge on any atom is -0.507 e. The molecule has 2 aromatic carbocycles. The second-order valence-corrected chi connectivity index (χ2v) is 7.98. The van der Waals surface area contributed by atoms with Gasteiger partial charge in [-0.1, -0.05) is 58.4 Å². The number of carbonyl (C=O) groups excluding carboxylic acids is 2. The molecule has 1 saturated heterocycles. The van der Waals surface area contributed by atoms with E-state index in [0.717, 1.165) is 10.0 Å². The van der Waals surface area contributed by atoms with Crippen molar-refractivity contribution in [2.45, 2.75) is 19.0 Å². The first kappa shape index (κ1) is 20.1. The monoisotopic (exact) mass is 465 g/mol. The molecular weight excluding hydrogens is 446 g/mol. The molecule has 4 rings (SSSR count). The van der Waals surface area contributed by atoms with Crippen LogP contribution in [0.25, 0.3) is 5.76 Å². The number of imidazole rings is 1. The molecule has 152 valence electrons. The highest BCUT2D eigenvalue weighted by atomic mass is 79.9. The predicted molar refractivity (Wildman–Crippen MR) is 116 cm³/mol. The number of Topliss-reactive ketones (excluding diaryl/α,β-unsaturated/α-hetero) is 1. The molecule has 2 heterocycles. The van der Waals surface area contributed by atoms with Crippen LogP contribution in [0.5, 0.6) is 0 Å². The van der Waals surface area contributed by atoms with Gasteiger partial charge in [0.2, 0.25) is 0 Å². The van der Waals surface area contributed by atoms with Gasteiger partial charge >= 0.3 is 0 Å². The fourth-order valence-corrected chi connectivity index (χ4v) is 4.14. The van der Waals surface area contributed by atoms with E-state index < -0.39 is 17.7 Å². The summed E-state index contributed by atoms with van der Waals surface area (Å²) >= 11 is 3.46. The summed E-state index contributed by atoms with van der Waals surface area (Å²) in [7, 11) is 0. The van der Waals surface area contributed by atoms with Crippen molar-refractivity contribution in [3.8, 4) is 0 Å². The average Bonchev–Trinajstić information content (AvgIpc) is 3.36. The first-order valence-corrected chi connectivity index (χ1v) is 10.4. The van der Waals surface area contributed by atoms with Gasteiger partial charge in [-0.15, -0.1) is 0 Å². The van der Waals surface area contributed by atoms with Gasteiger partial charge in [0, 0.05) is 35.5 Å². The lowest BCUT2D eigenvalue weighted by molar-refractivity contribution is -0.139. The van der Waals surface area contributed by atoms with E-state index in [1.54, 1.807) is 41.7 Å². The van der Waals surface area contributed by atoms with E-state index in [9.17, 15) is 14.7 Å². The quantitative estimate of drug-likeness (QED) is 0.337. The molecule has 1 N–H and O–H groups in total. The van der Waals surface area contributed by atoms with E-state index in [2.05, 4.69) is 20.9 Å². The van der Waals surface area contributed by atoms with Gasteiger partial charge in [-0.2, -0.15) is 0 Å².